The number of nitrogens with one attached hydrogen (secondary N) is 1. The van der Waals surface area contributed by atoms with Gasteiger partial charge in [0.05, 0.1) is 19.3 Å². The summed E-state index contributed by atoms with van der Waals surface area (Å²) < 4.78 is 11.2. The fourth-order valence-corrected chi connectivity index (χ4v) is 1.91. The average Bonchev–Trinajstić information content (AvgIpc) is 2.37. The largest absolute Gasteiger partial charge is 0.379 e. The molecule has 0 amide bonds. The first-order valence-electron chi connectivity index (χ1n) is 6.81. The lowest BCUT2D eigenvalue weighted by molar-refractivity contribution is 0.00618. The number of hydrogen-bond donors (Lipinski definition) is 1. The second-order valence-electron chi connectivity index (χ2n) is 4.67. The van der Waals surface area contributed by atoms with E-state index in [1.165, 1.54) is 0 Å². The fraction of sp³-hybridized carbons (Fsp3) is 0.600. The highest BCUT2D eigenvalue weighted by Gasteiger charge is 2.12. The van der Waals surface area contributed by atoms with Gasteiger partial charge in [0.25, 0.3) is 0 Å². The normalized spacial score (nSPS) is 12.9. The minimum absolute atomic E-state index is 0.00144. The molecule has 0 fully saturated rings. The van der Waals surface area contributed by atoms with Crippen LogP contribution < -0.4 is 5.32 Å². The van der Waals surface area contributed by atoms with E-state index >= 15 is 0 Å². The van der Waals surface area contributed by atoms with Crippen LogP contribution in [0.2, 0.25) is 5.02 Å². The maximum atomic E-state index is 6.03. The van der Waals surface area contributed by atoms with Crippen LogP contribution in [0, 0.1) is 0 Å². The van der Waals surface area contributed by atoms with Crippen molar-refractivity contribution in [2.24, 2.45) is 0 Å². The summed E-state index contributed by atoms with van der Waals surface area (Å²) in [7, 11) is 0. The molecule has 0 saturated carbocycles. The molecule has 3 nitrogen and oxygen atoms in total. The summed E-state index contributed by atoms with van der Waals surface area (Å²) in [4.78, 5) is 0. The van der Waals surface area contributed by atoms with Crippen LogP contribution in [-0.2, 0) is 9.47 Å². The van der Waals surface area contributed by atoms with Crippen LogP contribution in [0.4, 0.5) is 0 Å². The Balaban J connectivity index is 2.57. The summed E-state index contributed by atoms with van der Waals surface area (Å²) in [6, 6.07) is 8.25. The number of rotatable bonds is 9. The Kier molecular flexibility index (Phi) is 8.07. The Morgan fingerprint density at radius 2 is 2.05 bits per heavy atom. The van der Waals surface area contributed by atoms with Crippen molar-refractivity contribution >= 4 is 11.6 Å². The Hall–Kier alpha value is -0.610. The molecule has 19 heavy (non-hydrogen) atoms. The molecule has 0 aliphatic rings. The van der Waals surface area contributed by atoms with Crippen LogP contribution in [-0.4, -0.2) is 32.4 Å². The number of ether oxygens (including phenoxy) is 2. The smallest absolute Gasteiger partial charge is 0.0950 e. The number of halogens is 1. The standard InChI is InChI=1S/C15H24ClNO2/c1-4-18-8-9-19-15(11-17-12(2)3)13-6-5-7-14(16)10-13/h5-7,10,12,15,17H,4,8-9,11H2,1-3H3. The van der Waals surface area contributed by atoms with Gasteiger partial charge in [0.1, 0.15) is 0 Å². The van der Waals surface area contributed by atoms with Gasteiger partial charge < -0.3 is 14.8 Å². The minimum atomic E-state index is 0.00144. The zero-order valence-electron chi connectivity index (χ0n) is 12.0. The Morgan fingerprint density at radius 3 is 2.68 bits per heavy atom. The van der Waals surface area contributed by atoms with Crippen molar-refractivity contribution < 1.29 is 9.47 Å². The molecule has 1 unspecified atom stereocenters. The van der Waals surface area contributed by atoms with Crippen molar-refractivity contribution in [2.45, 2.75) is 32.9 Å². The molecule has 0 bridgehead atoms. The minimum Gasteiger partial charge on any atom is -0.379 e. The van der Waals surface area contributed by atoms with Crippen molar-refractivity contribution in [3.05, 3.63) is 34.9 Å². The Bertz CT molecular complexity index is 358. The van der Waals surface area contributed by atoms with Crippen LogP contribution in [0.15, 0.2) is 24.3 Å². The van der Waals surface area contributed by atoms with Crippen LogP contribution in [0.5, 0.6) is 0 Å². The first kappa shape index (κ1) is 16.4. The summed E-state index contributed by atoms with van der Waals surface area (Å²) in [5.74, 6) is 0. The van der Waals surface area contributed by atoms with Gasteiger partial charge in [0.2, 0.25) is 0 Å². The monoisotopic (exact) mass is 285 g/mol. The molecule has 1 N–H and O–H groups in total. The van der Waals surface area contributed by atoms with Gasteiger partial charge in [-0.2, -0.15) is 0 Å². The highest BCUT2D eigenvalue weighted by molar-refractivity contribution is 6.30. The van der Waals surface area contributed by atoms with E-state index < -0.39 is 0 Å². The van der Waals surface area contributed by atoms with E-state index in [-0.39, 0.29) is 6.10 Å². The van der Waals surface area contributed by atoms with E-state index in [9.17, 15) is 0 Å². The molecule has 1 rings (SSSR count). The van der Waals surface area contributed by atoms with E-state index in [1.807, 2.05) is 31.2 Å². The average molecular weight is 286 g/mol. The van der Waals surface area contributed by atoms with Crippen molar-refractivity contribution in [1.82, 2.24) is 5.32 Å². The highest BCUT2D eigenvalue weighted by Crippen LogP contribution is 2.20. The maximum absolute atomic E-state index is 6.03. The quantitative estimate of drug-likeness (QED) is 0.705. The van der Waals surface area contributed by atoms with Gasteiger partial charge in [-0.25, -0.2) is 0 Å². The highest BCUT2D eigenvalue weighted by atomic mass is 35.5. The van der Waals surface area contributed by atoms with Gasteiger partial charge in [0, 0.05) is 24.2 Å². The van der Waals surface area contributed by atoms with Crippen LogP contribution >= 0.6 is 11.6 Å². The van der Waals surface area contributed by atoms with Gasteiger partial charge in [-0.1, -0.05) is 37.6 Å². The predicted molar refractivity (Wildman–Crippen MR) is 79.8 cm³/mol. The molecule has 1 aromatic rings. The molecule has 0 spiro atoms. The Labute approximate surface area is 121 Å². The molecule has 0 radical (unpaired) electrons. The fourth-order valence-electron chi connectivity index (χ4n) is 1.72. The summed E-state index contributed by atoms with van der Waals surface area (Å²) in [6.07, 6.45) is 0.00144. The van der Waals surface area contributed by atoms with Crippen LogP contribution in [0.1, 0.15) is 32.4 Å². The van der Waals surface area contributed by atoms with E-state index in [1.54, 1.807) is 0 Å². The predicted octanol–water partition coefficient (Wildman–Crippen LogP) is 3.43. The summed E-state index contributed by atoms with van der Waals surface area (Å²) in [5, 5.41) is 4.13. The number of hydrogen-bond acceptors (Lipinski definition) is 3. The zero-order chi connectivity index (χ0) is 14.1. The van der Waals surface area contributed by atoms with Gasteiger partial charge in [-0.15, -0.1) is 0 Å². The number of benzene rings is 1. The van der Waals surface area contributed by atoms with Crippen molar-refractivity contribution in [3.8, 4) is 0 Å². The maximum Gasteiger partial charge on any atom is 0.0950 e. The van der Waals surface area contributed by atoms with E-state index in [0.717, 1.165) is 23.7 Å². The van der Waals surface area contributed by atoms with E-state index in [0.29, 0.717) is 19.3 Å². The van der Waals surface area contributed by atoms with Gasteiger partial charge in [-0.05, 0) is 24.6 Å². The second-order valence-corrected chi connectivity index (χ2v) is 5.11. The van der Waals surface area contributed by atoms with Crippen molar-refractivity contribution in [3.63, 3.8) is 0 Å². The van der Waals surface area contributed by atoms with Crippen LogP contribution in [0.25, 0.3) is 0 Å². The van der Waals surface area contributed by atoms with Gasteiger partial charge >= 0.3 is 0 Å². The molecule has 108 valence electrons. The SMILES string of the molecule is CCOCCOC(CNC(C)C)c1cccc(Cl)c1. The third kappa shape index (κ3) is 6.92. The molecular formula is C15H24ClNO2. The lowest BCUT2D eigenvalue weighted by Crippen LogP contribution is -2.29. The molecule has 1 atom stereocenters. The van der Waals surface area contributed by atoms with Gasteiger partial charge in [0.15, 0.2) is 0 Å². The first-order chi connectivity index (χ1) is 9.13. The molecule has 0 aliphatic carbocycles. The van der Waals surface area contributed by atoms with Crippen molar-refractivity contribution in [1.29, 1.82) is 0 Å². The molecule has 0 aromatic heterocycles. The topological polar surface area (TPSA) is 30.5 Å². The van der Waals surface area contributed by atoms with Crippen LogP contribution in [0.3, 0.4) is 0 Å². The molecule has 0 saturated heterocycles. The Morgan fingerprint density at radius 1 is 1.26 bits per heavy atom. The molecule has 4 heteroatoms. The third-order valence-electron chi connectivity index (χ3n) is 2.68. The molecular weight excluding hydrogens is 262 g/mol. The molecule has 0 aliphatic heterocycles. The van der Waals surface area contributed by atoms with E-state index in [4.69, 9.17) is 21.1 Å². The lowest BCUT2D eigenvalue weighted by Gasteiger charge is -2.20. The zero-order valence-corrected chi connectivity index (χ0v) is 12.7. The van der Waals surface area contributed by atoms with Crippen molar-refractivity contribution in [2.75, 3.05) is 26.4 Å². The lowest BCUT2D eigenvalue weighted by atomic mass is 10.1. The molecule has 1 aromatic carbocycles. The van der Waals surface area contributed by atoms with E-state index in [2.05, 4.69) is 19.2 Å². The first-order valence-corrected chi connectivity index (χ1v) is 7.19. The molecule has 0 heterocycles. The summed E-state index contributed by atoms with van der Waals surface area (Å²) in [5.41, 5.74) is 1.09. The summed E-state index contributed by atoms with van der Waals surface area (Å²) in [6.45, 7) is 8.92. The summed E-state index contributed by atoms with van der Waals surface area (Å²) >= 11 is 6.03. The third-order valence-corrected chi connectivity index (χ3v) is 2.92. The van der Waals surface area contributed by atoms with Gasteiger partial charge in [-0.3, -0.25) is 0 Å². The second kappa shape index (κ2) is 9.32.